The Bertz CT molecular complexity index is 402. The molecule has 4 nitrogen and oxygen atoms in total. The van der Waals surface area contributed by atoms with Crippen LogP contribution in [0.2, 0.25) is 0 Å². The summed E-state index contributed by atoms with van der Waals surface area (Å²) < 4.78 is 0. The minimum absolute atomic E-state index is 0.0196. The first-order chi connectivity index (χ1) is 7.98. The van der Waals surface area contributed by atoms with Gasteiger partial charge in [0.2, 0.25) is 0 Å². The molecule has 0 spiro atoms. The molecule has 0 bridgehead atoms. The number of carbonyl (C=O) groups excluding carboxylic acids is 1. The largest absolute Gasteiger partial charge is 0.347 e. The molecule has 17 heavy (non-hydrogen) atoms. The summed E-state index contributed by atoms with van der Waals surface area (Å²) in [6, 6.07) is 0.261. The average Bonchev–Trinajstić information content (AvgIpc) is 2.85. The van der Waals surface area contributed by atoms with Crippen molar-refractivity contribution in [2.75, 3.05) is 13.1 Å². The normalized spacial score (nSPS) is 20.5. The van der Waals surface area contributed by atoms with Crippen LogP contribution in [0, 0.1) is 0 Å². The molecule has 1 unspecified atom stereocenters. The summed E-state index contributed by atoms with van der Waals surface area (Å²) in [5.41, 5.74) is 2.56. The maximum atomic E-state index is 12.2. The third-order valence-electron chi connectivity index (χ3n) is 2.88. The van der Waals surface area contributed by atoms with E-state index in [4.69, 9.17) is 0 Å². The molecule has 1 aliphatic heterocycles. The van der Waals surface area contributed by atoms with Crippen LogP contribution in [0.4, 0.5) is 0 Å². The fourth-order valence-corrected chi connectivity index (χ4v) is 2.87. The Hall–Kier alpha value is -0.940. The Kier molecular flexibility index (Phi) is 3.49. The molecule has 94 valence electrons. The predicted molar refractivity (Wildman–Crippen MR) is 69.6 cm³/mol. The molecule has 0 saturated carbocycles. The summed E-state index contributed by atoms with van der Waals surface area (Å²) in [5.74, 6) is 0.0196. The van der Waals surface area contributed by atoms with E-state index in [-0.39, 0.29) is 17.4 Å². The third-order valence-corrected chi connectivity index (χ3v) is 3.70. The average molecular weight is 253 g/mol. The van der Waals surface area contributed by atoms with Crippen LogP contribution in [0.1, 0.15) is 42.6 Å². The van der Waals surface area contributed by atoms with Crippen molar-refractivity contribution in [3.8, 4) is 0 Å². The van der Waals surface area contributed by atoms with Crippen molar-refractivity contribution in [3.63, 3.8) is 0 Å². The van der Waals surface area contributed by atoms with Crippen molar-refractivity contribution in [3.05, 3.63) is 16.1 Å². The molecule has 5 heteroatoms. The van der Waals surface area contributed by atoms with Crippen molar-refractivity contribution in [1.82, 2.24) is 15.6 Å². The van der Waals surface area contributed by atoms with Gasteiger partial charge in [0.15, 0.2) is 0 Å². The van der Waals surface area contributed by atoms with E-state index in [9.17, 15) is 4.79 Å². The van der Waals surface area contributed by atoms with Gasteiger partial charge in [-0.25, -0.2) is 4.98 Å². The summed E-state index contributed by atoms with van der Waals surface area (Å²) in [6.07, 6.45) is 1.01. The number of nitrogens with one attached hydrogen (secondary N) is 2. The standard InChI is InChI=1S/C12H19N3OS/c1-12(2,3)10-9(17-7-14-10)11(16)15-8-4-5-13-6-8/h7-8,13H,4-6H2,1-3H3,(H,15,16). The molecule has 1 aromatic heterocycles. The molecule has 1 saturated heterocycles. The molecule has 0 aromatic carbocycles. The van der Waals surface area contributed by atoms with E-state index in [1.54, 1.807) is 5.51 Å². The SMILES string of the molecule is CC(C)(C)c1ncsc1C(=O)NC1CCNC1. The van der Waals surface area contributed by atoms with Gasteiger partial charge < -0.3 is 10.6 Å². The number of rotatable bonds is 2. The highest BCUT2D eigenvalue weighted by atomic mass is 32.1. The number of carbonyl (C=O) groups is 1. The van der Waals surface area contributed by atoms with Gasteiger partial charge in [0.1, 0.15) is 4.88 Å². The number of thiazole rings is 1. The van der Waals surface area contributed by atoms with E-state index in [1.807, 2.05) is 0 Å². The summed E-state index contributed by atoms with van der Waals surface area (Å²) in [6.45, 7) is 8.09. The Morgan fingerprint density at radius 1 is 1.59 bits per heavy atom. The van der Waals surface area contributed by atoms with Crippen LogP contribution in [0.3, 0.4) is 0 Å². The zero-order valence-corrected chi connectivity index (χ0v) is 11.4. The molecule has 1 aliphatic rings. The number of aromatic nitrogens is 1. The lowest BCUT2D eigenvalue weighted by Crippen LogP contribution is -2.36. The number of hydrogen-bond donors (Lipinski definition) is 2. The topological polar surface area (TPSA) is 54.0 Å². The van der Waals surface area contributed by atoms with E-state index >= 15 is 0 Å². The zero-order valence-electron chi connectivity index (χ0n) is 10.5. The molecule has 2 heterocycles. The van der Waals surface area contributed by atoms with Gasteiger partial charge in [-0.15, -0.1) is 11.3 Å². The van der Waals surface area contributed by atoms with Crippen molar-refractivity contribution in [2.45, 2.75) is 38.6 Å². The summed E-state index contributed by atoms with van der Waals surface area (Å²) >= 11 is 1.42. The minimum Gasteiger partial charge on any atom is -0.347 e. The molecular formula is C12H19N3OS. The van der Waals surface area contributed by atoms with Crippen LogP contribution >= 0.6 is 11.3 Å². The molecular weight excluding hydrogens is 234 g/mol. The van der Waals surface area contributed by atoms with Gasteiger partial charge in [-0.1, -0.05) is 20.8 Å². The van der Waals surface area contributed by atoms with Crippen LogP contribution in [0.15, 0.2) is 5.51 Å². The van der Waals surface area contributed by atoms with E-state index in [2.05, 4.69) is 36.4 Å². The van der Waals surface area contributed by atoms with Gasteiger partial charge in [-0.3, -0.25) is 4.79 Å². The smallest absolute Gasteiger partial charge is 0.263 e. The first kappa shape index (κ1) is 12.5. The lowest BCUT2D eigenvalue weighted by Gasteiger charge is -2.18. The van der Waals surface area contributed by atoms with Gasteiger partial charge >= 0.3 is 0 Å². The van der Waals surface area contributed by atoms with Gasteiger partial charge in [-0.05, 0) is 13.0 Å². The van der Waals surface area contributed by atoms with Crippen LogP contribution in [-0.2, 0) is 5.41 Å². The molecule has 2 N–H and O–H groups in total. The minimum atomic E-state index is -0.0827. The molecule has 1 atom stereocenters. The highest BCUT2D eigenvalue weighted by molar-refractivity contribution is 7.11. The van der Waals surface area contributed by atoms with Crippen LogP contribution < -0.4 is 10.6 Å². The highest BCUT2D eigenvalue weighted by Crippen LogP contribution is 2.27. The van der Waals surface area contributed by atoms with Crippen LogP contribution in [0.25, 0.3) is 0 Å². The van der Waals surface area contributed by atoms with Crippen molar-refractivity contribution in [2.24, 2.45) is 0 Å². The Labute approximate surface area is 106 Å². The van der Waals surface area contributed by atoms with Crippen LogP contribution in [-0.4, -0.2) is 30.0 Å². The van der Waals surface area contributed by atoms with Gasteiger partial charge in [-0.2, -0.15) is 0 Å². The van der Waals surface area contributed by atoms with Gasteiger partial charge in [0, 0.05) is 18.0 Å². The second-order valence-electron chi connectivity index (χ2n) is 5.44. The van der Waals surface area contributed by atoms with Crippen molar-refractivity contribution < 1.29 is 4.79 Å². The maximum Gasteiger partial charge on any atom is 0.263 e. The van der Waals surface area contributed by atoms with E-state index < -0.39 is 0 Å². The first-order valence-electron chi connectivity index (χ1n) is 5.94. The van der Waals surface area contributed by atoms with Crippen LogP contribution in [0.5, 0.6) is 0 Å². The highest BCUT2D eigenvalue weighted by Gasteiger charge is 2.26. The van der Waals surface area contributed by atoms with Gasteiger partial charge in [0.05, 0.1) is 11.2 Å². The second-order valence-corrected chi connectivity index (χ2v) is 6.30. The van der Waals surface area contributed by atoms with Crippen molar-refractivity contribution >= 4 is 17.2 Å². The Morgan fingerprint density at radius 2 is 2.35 bits per heavy atom. The van der Waals surface area contributed by atoms with Gasteiger partial charge in [0.25, 0.3) is 5.91 Å². The summed E-state index contributed by atoms with van der Waals surface area (Å²) in [4.78, 5) is 17.2. The third kappa shape index (κ3) is 2.84. The second kappa shape index (κ2) is 4.74. The molecule has 1 aromatic rings. The maximum absolute atomic E-state index is 12.2. The van der Waals surface area contributed by atoms with E-state index in [1.165, 1.54) is 11.3 Å². The molecule has 1 fully saturated rings. The molecule has 0 aliphatic carbocycles. The fourth-order valence-electron chi connectivity index (χ4n) is 1.97. The lowest BCUT2D eigenvalue weighted by atomic mass is 9.91. The zero-order chi connectivity index (χ0) is 12.5. The summed E-state index contributed by atoms with van der Waals surface area (Å²) in [5, 5.41) is 6.30. The predicted octanol–water partition coefficient (Wildman–Crippen LogP) is 1.53. The monoisotopic (exact) mass is 253 g/mol. The number of hydrogen-bond acceptors (Lipinski definition) is 4. The lowest BCUT2D eigenvalue weighted by molar-refractivity contribution is 0.0942. The Balaban J connectivity index is 2.11. The quantitative estimate of drug-likeness (QED) is 0.840. The molecule has 0 radical (unpaired) electrons. The van der Waals surface area contributed by atoms with Crippen molar-refractivity contribution in [1.29, 1.82) is 0 Å². The first-order valence-corrected chi connectivity index (χ1v) is 6.82. The Morgan fingerprint density at radius 3 is 2.94 bits per heavy atom. The molecule has 1 amide bonds. The fraction of sp³-hybridized carbons (Fsp3) is 0.667. The number of nitrogens with zero attached hydrogens (tertiary/aromatic N) is 1. The number of amides is 1. The van der Waals surface area contributed by atoms with E-state index in [0.29, 0.717) is 0 Å². The van der Waals surface area contributed by atoms with E-state index in [0.717, 1.165) is 30.1 Å². The summed E-state index contributed by atoms with van der Waals surface area (Å²) in [7, 11) is 0. The molecule has 2 rings (SSSR count).